The third-order valence-electron chi connectivity index (χ3n) is 3.00. The summed E-state index contributed by atoms with van der Waals surface area (Å²) in [5.74, 6) is 0. The van der Waals surface area contributed by atoms with Crippen molar-refractivity contribution in [2.75, 3.05) is 17.6 Å². The van der Waals surface area contributed by atoms with Crippen LogP contribution in [0.4, 0.5) is 11.4 Å². The molecular weight excluding hydrogens is 256 g/mol. The van der Waals surface area contributed by atoms with Crippen LogP contribution in [0.1, 0.15) is 5.01 Å². The van der Waals surface area contributed by atoms with Crippen molar-refractivity contribution < 1.29 is 0 Å². The van der Waals surface area contributed by atoms with Gasteiger partial charge in [0, 0.05) is 47.7 Å². The number of pyridine rings is 1. The average Bonchev–Trinajstić information content (AvgIpc) is 2.95. The van der Waals surface area contributed by atoms with E-state index in [0.717, 1.165) is 40.1 Å². The summed E-state index contributed by atoms with van der Waals surface area (Å²) in [7, 11) is 0. The largest absolute Gasteiger partial charge is 0.397 e. The highest BCUT2D eigenvalue weighted by Gasteiger charge is 2.04. The first-order valence-corrected chi connectivity index (χ1v) is 6.97. The molecule has 96 valence electrons. The number of nitrogens with zero attached hydrogens (tertiary/aromatic N) is 2. The number of hydrogen-bond acceptors (Lipinski definition) is 5. The summed E-state index contributed by atoms with van der Waals surface area (Å²) < 4.78 is 0. The molecule has 0 saturated heterocycles. The number of fused-ring (bicyclic) bond motifs is 1. The van der Waals surface area contributed by atoms with E-state index >= 15 is 0 Å². The van der Waals surface area contributed by atoms with Crippen molar-refractivity contribution in [3.05, 3.63) is 47.2 Å². The molecule has 3 aromatic rings. The van der Waals surface area contributed by atoms with Gasteiger partial charge in [-0.1, -0.05) is 6.07 Å². The number of anilines is 2. The van der Waals surface area contributed by atoms with Gasteiger partial charge in [-0.2, -0.15) is 0 Å². The van der Waals surface area contributed by atoms with Crippen molar-refractivity contribution in [2.45, 2.75) is 6.42 Å². The van der Waals surface area contributed by atoms with Gasteiger partial charge in [0.1, 0.15) is 0 Å². The first-order valence-electron chi connectivity index (χ1n) is 6.09. The lowest BCUT2D eigenvalue weighted by molar-refractivity contribution is 0.999. The Morgan fingerprint density at radius 1 is 1.21 bits per heavy atom. The third kappa shape index (κ3) is 2.51. The van der Waals surface area contributed by atoms with Crippen LogP contribution in [0.2, 0.25) is 0 Å². The number of nitrogen functional groups attached to an aromatic ring is 1. The van der Waals surface area contributed by atoms with Gasteiger partial charge < -0.3 is 11.1 Å². The fourth-order valence-electron chi connectivity index (χ4n) is 2.03. The van der Waals surface area contributed by atoms with E-state index in [2.05, 4.69) is 15.3 Å². The van der Waals surface area contributed by atoms with Crippen molar-refractivity contribution in [2.24, 2.45) is 0 Å². The summed E-state index contributed by atoms with van der Waals surface area (Å²) in [6.07, 6.45) is 6.33. The van der Waals surface area contributed by atoms with Crippen molar-refractivity contribution in [1.29, 1.82) is 0 Å². The Morgan fingerprint density at radius 3 is 3.00 bits per heavy atom. The standard InChI is InChI=1S/C14H14N4S/c15-14-11-3-5-16-9-10(11)1-2-12(14)17-6-4-13-18-7-8-19-13/h1-3,5,7-9,17H,4,6,15H2. The summed E-state index contributed by atoms with van der Waals surface area (Å²) in [5.41, 5.74) is 7.92. The molecule has 0 aliphatic heterocycles. The Hall–Kier alpha value is -2.14. The van der Waals surface area contributed by atoms with Gasteiger partial charge in [0.05, 0.1) is 16.4 Å². The number of nitrogens with one attached hydrogen (secondary N) is 1. The smallest absolute Gasteiger partial charge is 0.0942 e. The first kappa shape index (κ1) is 11.9. The second kappa shape index (κ2) is 5.24. The second-order valence-electron chi connectivity index (χ2n) is 4.23. The lowest BCUT2D eigenvalue weighted by Crippen LogP contribution is -2.07. The van der Waals surface area contributed by atoms with Crippen molar-refractivity contribution in [3.8, 4) is 0 Å². The molecule has 0 saturated carbocycles. The van der Waals surface area contributed by atoms with Gasteiger partial charge in [0.2, 0.25) is 0 Å². The van der Waals surface area contributed by atoms with Crippen molar-refractivity contribution in [1.82, 2.24) is 9.97 Å². The van der Waals surface area contributed by atoms with Crippen LogP contribution in [0.25, 0.3) is 10.8 Å². The quantitative estimate of drug-likeness (QED) is 0.715. The Morgan fingerprint density at radius 2 is 2.16 bits per heavy atom. The molecule has 0 aliphatic carbocycles. The summed E-state index contributed by atoms with van der Waals surface area (Å²) in [6.45, 7) is 0.828. The molecule has 2 aromatic heterocycles. The van der Waals surface area contributed by atoms with Crippen LogP contribution in [0.3, 0.4) is 0 Å². The molecule has 0 aliphatic rings. The predicted octanol–water partition coefficient (Wildman–Crippen LogP) is 2.93. The van der Waals surface area contributed by atoms with Crippen LogP contribution in [-0.4, -0.2) is 16.5 Å². The molecule has 19 heavy (non-hydrogen) atoms. The van der Waals surface area contributed by atoms with Gasteiger partial charge in [-0.25, -0.2) is 4.98 Å². The molecule has 1 aromatic carbocycles. The molecule has 4 nitrogen and oxygen atoms in total. The Labute approximate surface area is 115 Å². The minimum atomic E-state index is 0.777. The zero-order valence-electron chi connectivity index (χ0n) is 10.3. The number of benzene rings is 1. The predicted molar refractivity (Wildman–Crippen MR) is 80.5 cm³/mol. The highest BCUT2D eigenvalue weighted by atomic mass is 32.1. The van der Waals surface area contributed by atoms with Gasteiger partial charge in [0.25, 0.3) is 0 Å². The van der Waals surface area contributed by atoms with Gasteiger partial charge in [-0.15, -0.1) is 11.3 Å². The van der Waals surface area contributed by atoms with E-state index in [4.69, 9.17) is 5.73 Å². The molecule has 5 heteroatoms. The normalized spacial score (nSPS) is 10.7. The van der Waals surface area contributed by atoms with E-state index in [1.807, 2.05) is 36.0 Å². The fourth-order valence-corrected chi connectivity index (χ4v) is 2.65. The Kier molecular flexibility index (Phi) is 3.29. The Balaban J connectivity index is 1.76. The zero-order valence-corrected chi connectivity index (χ0v) is 11.2. The molecule has 0 spiro atoms. The van der Waals surface area contributed by atoms with Gasteiger partial charge in [-0.05, 0) is 12.1 Å². The van der Waals surface area contributed by atoms with E-state index in [0.29, 0.717) is 0 Å². The molecule has 3 rings (SSSR count). The SMILES string of the molecule is Nc1c(NCCc2nccs2)ccc2cnccc12. The maximum atomic E-state index is 6.18. The third-order valence-corrected chi connectivity index (χ3v) is 3.84. The number of nitrogens with two attached hydrogens (primary N) is 1. The minimum Gasteiger partial charge on any atom is -0.397 e. The van der Waals surface area contributed by atoms with Crippen LogP contribution in [0, 0.1) is 0 Å². The van der Waals surface area contributed by atoms with E-state index in [9.17, 15) is 0 Å². The maximum absolute atomic E-state index is 6.18. The molecule has 0 unspecified atom stereocenters. The van der Waals surface area contributed by atoms with Gasteiger partial charge in [0.15, 0.2) is 0 Å². The average molecular weight is 270 g/mol. The van der Waals surface area contributed by atoms with Gasteiger partial charge in [-0.3, -0.25) is 4.98 Å². The number of thiazole rings is 1. The topological polar surface area (TPSA) is 63.8 Å². The van der Waals surface area contributed by atoms with Crippen molar-refractivity contribution >= 4 is 33.5 Å². The minimum absolute atomic E-state index is 0.777. The highest BCUT2D eigenvalue weighted by Crippen LogP contribution is 2.27. The van der Waals surface area contributed by atoms with Crippen LogP contribution < -0.4 is 11.1 Å². The van der Waals surface area contributed by atoms with Crippen LogP contribution in [0.15, 0.2) is 42.2 Å². The molecular formula is C14H14N4S. The highest BCUT2D eigenvalue weighted by molar-refractivity contribution is 7.09. The summed E-state index contributed by atoms with van der Waals surface area (Å²) in [5, 5.41) is 8.59. The van der Waals surface area contributed by atoms with E-state index in [1.165, 1.54) is 0 Å². The molecule has 0 radical (unpaired) electrons. The number of hydrogen-bond donors (Lipinski definition) is 2. The maximum Gasteiger partial charge on any atom is 0.0942 e. The van der Waals surface area contributed by atoms with Gasteiger partial charge >= 0.3 is 0 Å². The summed E-state index contributed by atoms with van der Waals surface area (Å²) in [4.78, 5) is 8.36. The van der Waals surface area contributed by atoms with E-state index in [-0.39, 0.29) is 0 Å². The first-order chi connectivity index (χ1) is 9.34. The molecule has 0 fully saturated rings. The molecule has 0 amide bonds. The molecule has 2 heterocycles. The summed E-state index contributed by atoms with van der Waals surface area (Å²) in [6, 6.07) is 5.97. The molecule has 0 bridgehead atoms. The summed E-state index contributed by atoms with van der Waals surface area (Å²) >= 11 is 1.67. The van der Waals surface area contributed by atoms with Crippen LogP contribution in [0.5, 0.6) is 0 Å². The molecule has 0 atom stereocenters. The molecule has 3 N–H and O–H groups in total. The number of aromatic nitrogens is 2. The van der Waals surface area contributed by atoms with E-state index < -0.39 is 0 Å². The Bertz CT molecular complexity index is 679. The van der Waals surface area contributed by atoms with Crippen LogP contribution in [-0.2, 0) is 6.42 Å². The second-order valence-corrected chi connectivity index (χ2v) is 5.21. The van der Waals surface area contributed by atoms with Crippen LogP contribution >= 0.6 is 11.3 Å². The lowest BCUT2D eigenvalue weighted by Gasteiger charge is -2.10. The zero-order chi connectivity index (χ0) is 13.1. The monoisotopic (exact) mass is 270 g/mol. The lowest BCUT2D eigenvalue weighted by atomic mass is 10.1. The number of rotatable bonds is 4. The fraction of sp³-hybridized carbons (Fsp3) is 0.143. The van der Waals surface area contributed by atoms with Crippen molar-refractivity contribution in [3.63, 3.8) is 0 Å². The van der Waals surface area contributed by atoms with E-state index in [1.54, 1.807) is 17.5 Å².